The Hall–Kier alpha value is -0.570. The van der Waals surface area contributed by atoms with Crippen LogP contribution >= 0.6 is 27.5 Å². The number of halogens is 2. The molecule has 0 radical (unpaired) electrons. The zero-order chi connectivity index (χ0) is 11.5. The van der Waals surface area contributed by atoms with Crippen LogP contribution in [0.15, 0.2) is 52.5 Å². The van der Waals surface area contributed by atoms with E-state index in [-0.39, 0.29) is 5.38 Å². The van der Waals surface area contributed by atoms with E-state index in [2.05, 4.69) is 15.9 Å². The van der Waals surface area contributed by atoms with Gasteiger partial charge in [0.25, 0.3) is 0 Å². The molecule has 1 nitrogen and oxygen atoms in total. The smallest absolute Gasteiger partial charge is 0.104 e. The van der Waals surface area contributed by atoms with Crippen molar-refractivity contribution in [3.05, 3.63) is 58.1 Å². The molecule has 0 bridgehead atoms. The highest BCUT2D eigenvalue weighted by molar-refractivity contribution is 9.10. The summed E-state index contributed by atoms with van der Waals surface area (Å²) in [6, 6.07) is 7.68. The molecule has 1 N–H and O–H groups in total. The molecular formula is C13H12BrClO. The zero-order valence-corrected chi connectivity index (χ0v) is 10.9. The number of aliphatic hydroxyl groups excluding tert-OH is 1. The highest BCUT2D eigenvalue weighted by atomic mass is 79.9. The van der Waals surface area contributed by atoms with Gasteiger partial charge < -0.3 is 5.11 Å². The summed E-state index contributed by atoms with van der Waals surface area (Å²) in [4.78, 5) is 0. The van der Waals surface area contributed by atoms with Crippen molar-refractivity contribution in [1.82, 2.24) is 0 Å². The highest BCUT2D eigenvalue weighted by Gasteiger charge is 2.14. The SMILES string of the molecule is OC(C1=CCC(Cl)C=C1)c1ccc(Br)cc1. The van der Waals surface area contributed by atoms with Gasteiger partial charge >= 0.3 is 0 Å². The largest absolute Gasteiger partial charge is 0.384 e. The molecule has 3 heteroatoms. The minimum Gasteiger partial charge on any atom is -0.384 e. The molecule has 1 aliphatic carbocycles. The van der Waals surface area contributed by atoms with Crippen molar-refractivity contribution in [2.24, 2.45) is 0 Å². The Labute approximate surface area is 109 Å². The molecule has 1 aromatic rings. The van der Waals surface area contributed by atoms with Crippen LogP contribution in [0.5, 0.6) is 0 Å². The number of alkyl halides is 1. The van der Waals surface area contributed by atoms with Crippen LogP contribution in [0.1, 0.15) is 18.1 Å². The summed E-state index contributed by atoms with van der Waals surface area (Å²) in [6.45, 7) is 0. The maximum absolute atomic E-state index is 10.1. The molecule has 0 saturated heterocycles. The summed E-state index contributed by atoms with van der Waals surface area (Å²) < 4.78 is 1.01. The molecule has 1 aromatic carbocycles. The lowest BCUT2D eigenvalue weighted by molar-refractivity contribution is 0.219. The van der Waals surface area contributed by atoms with Crippen LogP contribution in [0, 0.1) is 0 Å². The molecule has 2 unspecified atom stereocenters. The Morgan fingerprint density at radius 2 is 2.00 bits per heavy atom. The summed E-state index contributed by atoms with van der Waals surface area (Å²) in [5.74, 6) is 0. The fourth-order valence-electron chi connectivity index (χ4n) is 1.65. The first kappa shape index (κ1) is 11.9. The molecule has 0 aliphatic heterocycles. The summed E-state index contributed by atoms with van der Waals surface area (Å²) in [7, 11) is 0. The zero-order valence-electron chi connectivity index (χ0n) is 8.61. The minimum atomic E-state index is -0.562. The maximum atomic E-state index is 10.1. The molecule has 84 valence electrons. The van der Waals surface area contributed by atoms with E-state index in [9.17, 15) is 5.11 Å². The third kappa shape index (κ3) is 2.76. The Bertz CT molecular complexity index is 422. The summed E-state index contributed by atoms with van der Waals surface area (Å²) in [6.07, 6.45) is 6.02. The average molecular weight is 300 g/mol. The van der Waals surface area contributed by atoms with Crippen LogP contribution in [-0.4, -0.2) is 10.5 Å². The third-order valence-corrected chi connectivity index (χ3v) is 3.43. The lowest BCUT2D eigenvalue weighted by Crippen LogP contribution is -2.05. The predicted octanol–water partition coefficient (Wildman–Crippen LogP) is 3.98. The van der Waals surface area contributed by atoms with Crippen molar-refractivity contribution in [1.29, 1.82) is 0 Å². The maximum Gasteiger partial charge on any atom is 0.104 e. The second-order valence-electron chi connectivity index (χ2n) is 3.77. The molecular weight excluding hydrogens is 287 g/mol. The molecule has 1 aliphatic rings. The van der Waals surface area contributed by atoms with Gasteiger partial charge in [-0.2, -0.15) is 0 Å². The first-order valence-electron chi connectivity index (χ1n) is 5.12. The molecule has 2 atom stereocenters. The van der Waals surface area contributed by atoms with E-state index in [1.807, 2.05) is 42.5 Å². The van der Waals surface area contributed by atoms with Crippen molar-refractivity contribution >= 4 is 27.5 Å². The van der Waals surface area contributed by atoms with E-state index < -0.39 is 6.10 Å². The molecule has 0 saturated carbocycles. The fourth-order valence-corrected chi connectivity index (χ4v) is 2.08. The number of hydrogen-bond donors (Lipinski definition) is 1. The van der Waals surface area contributed by atoms with Gasteiger partial charge in [0, 0.05) is 4.47 Å². The van der Waals surface area contributed by atoms with Gasteiger partial charge in [-0.05, 0) is 29.7 Å². The monoisotopic (exact) mass is 298 g/mol. The second-order valence-corrected chi connectivity index (χ2v) is 5.25. The Balaban J connectivity index is 2.17. The fraction of sp³-hybridized carbons (Fsp3) is 0.231. The van der Waals surface area contributed by atoms with Crippen LogP contribution in [0.2, 0.25) is 0 Å². The lowest BCUT2D eigenvalue weighted by atomic mass is 9.97. The van der Waals surface area contributed by atoms with E-state index in [0.29, 0.717) is 0 Å². The van der Waals surface area contributed by atoms with Gasteiger partial charge in [-0.3, -0.25) is 0 Å². The molecule has 2 rings (SSSR count). The third-order valence-electron chi connectivity index (χ3n) is 2.58. The first-order valence-corrected chi connectivity index (χ1v) is 6.35. The predicted molar refractivity (Wildman–Crippen MR) is 70.6 cm³/mol. The average Bonchev–Trinajstić information content (AvgIpc) is 2.30. The molecule has 0 aromatic heterocycles. The van der Waals surface area contributed by atoms with Gasteiger partial charge in [-0.25, -0.2) is 0 Å². The first-order chi connectivity index (χ1) is 7.66. The summed E-state index contributed by atoms with van der Waals surface area (Å²) >= 11 is 9.30. The van der Waals surface area contributed by atoms with Crippen molar-refractivity contribution in [3.63, 3.8) is 0 Å². The Morgan fingerprint density at radius 3 is 2.56 bits per heavy atom. The number of hydrogen-bond acceptors (Lipinski definition) is 1. The van der Waals surface area contributed by atoms with Crippen molar-refractivity contribution in [2.45, 2.75) is 17.9 Å². The number of aliphatic hydroxyl groups is 1. The highest BCUT2D eigenvalue weighted by Crippen LogP contribution is 2.27. The Morgan fingerprint density at radius 1 is 1.31 bits per heavy atom. The standard InChI is InChI=1S/C13H12BrClO/c14-11-5-1-9(2-6-11)13(16)10-3-7-12(15)8-4-10/h1-7,12-13,16H,8H2. The lowest BCUT2D eigenvalue weighted by Gasteiger charge is -2.16. The van der Waals surface area contributed by atoms with Gasteiger partial charge in [-0.1, -0.05) is 46.3 Å². The topological polar surface area (TPSA) is 20.2 Å². The molecule has 0 amide bonds. The number of allylic oxidation sites excluding steroid dienone is 2. The van der Waals surface area contributed by atoms with Gasteiger partial charge in [0.2, 0.25) is 0 Å². The van der Waals surface area contributed by atoms with Crippen LogP contribution in [-0.2, 0) is 0 Å². The van der Waals surface area contributed by atoms with Crippen LogP contribution in [0.25, 0.3) is 0 Å². The van der Waals surface area contributed by atoms with Crippen LogP contribution in [0.3, 0.4) is 0 Å². The molecule has 0 fully saturated rings. The minimum absolute atomic E-state index is 0.0564. The van der Waals surface area contributed by atoms with Gasteiger partial charge in [0.1, 0.15) is 6.10 Å². The van der Waals surface area contributed by atoms with Crippen molar-refractivity contribution in [3.8, 4) is 0 Å². The van der Waals surface area contributed by atoms with Crippen molar-refractivity contribution < 1.29 is 5.11 Å². The van der Waals surface area contributed by atoms with Gasteiger partial charge in [0.15, 0.2) is 0 Å². The molecule has 0 spiro atoms. The number of rotatable bonds is 2. The van der Waals surface area contributed by atoms with E-state index in [0.717, 1.165) is 22.0 Å². The summed E-state index contributed by atoms with van der Waals surface area (Å²) in [5, 5.41) is 10.2. The Kier molecular flexibility index (Phi) is 3.85. The normalized spacial score (nSPS) is 21.7. The summed E-state index contributed by atoms with van der Waals surface area (Å²) in [5.41, 5.74) is 1.81. The van der Waals surface area contributed by atoms with E-state index in [4.69, 9.17) is 11.6 Å². The van der Waals surface area contributed by atoms with Crippen molar-refractivity contribution in [2.75, 3.05) is 0 Å². The van der Waals surface area contributed by atoms with Gasteiger partial charge in [-0.15, -0.1) is 11.6 Å². The molecule has 16 heavy (non-hydrogen) atoms. The van der Waals surface area contributed by atoms with Crippen LogP contribution in [0.4, 0.5) is 0 Å². The van der Waals surface area contributed by atoms with E-state index in [1.165, 1.54) is 0 Å². The molecule has 0 heterocycles. The van der Waals surface area contributed by atoms with Crippen LogP contribution < -0.4 is 0 Å². The second kappa shape index (κ2) is 5.17. The van der Waals surface area contributed by atoms with E-state index >= 15 is 0 Å². The quantitative estimate of drug-likeness (QED) is 0.819. The van der Waals surface area contributed by atoms with E-state index in [1.54, 1.807) is 0 Å². The number of benzene rings is 1. The van der Waals surface area contributed by atoms with Gasteiger partial charge in [0.05, 0.1) is 5.38 Å².